The van der Waals surface area contributed by atoms with Gasteiger partial charge in [-0.05, 0) is 18.6 Å². The Labute approximate surface area is 171 Å². The van der Waals surface area contributed by atoms with Crippen molar-refractivity contribution < 1.29 is 14.7 Å². The van der Waals surface area contributed by atoms with Crippen molar-refractivity contribution in [3.63, 3.8) is 0 Å². The number of hydrogen-bond acceptors (Lipinski definition) is 4. The van der Waals surface area contributed by atoms with Crippen LogP contribution in [0.15, 0.2) is 54.9 Å². The first-order valence-corrected chi connectivity index (χ1v) is 9.75. The average Bonchev–Trinajstić information content (AvgIpc) is 3.40. The second-order valence-corrected chi connectivity index (χ2v) is 7.34. The van der Waals surface area contributed by atoms with Gasteiger partial charge in [0.25, 0.3) is 11.8 Å². The Balaban J connectivity index is 1.81. The topological polar surface area (TPSA) is 113 Å². The Morgan fingerprint density at radius 2 is 1.67 bits per heavy atom. The Bertz CT molecular complexity index is 1360. The Kier molecular flexibility index (Phi) is 4.18. The molecule has 0 atom stereocenters. The summed E-state index contributed by atoms with van der Waals surface area (Å²) in [5, 5.41) is 13.4. The van der Waals surface area contributed by atoms with E-state index in [9.17, 15) is 14.7 Å². The molecule has 2 aromatic heterocycles. The van der Waals surface area contributed by atoms with Gasteiger partial charge in [0, 0.05) is 53.0 Å². The fraction of sp³-hybridized carbons (Fsp3) is 0.130. The van der Waals surface area contributed by atoms with Crippen LogP contribution in [0.2, 0.25) is 0 Å². The number of nitrogen functional groups attached to an aromatic ring is 1. The molecule has 7 nitrogen and oxygen atoms in total. The standard InChI is InChI=1S/C23H20N4O3/c24-17-7-3-6-14-16(12-27(21(14)17)9-4-10-28)20-19(22(29)26-23(20)30)15-11-25-18-8-2-1-5-13(15)18/h1-3,5-8,11-12,25,28H,4,9-10,24H2,(H,26,29,30). The third-order valence-corrected chi connectivity index (χ3v) is 5.55. The number of imide groups is 1. The zero-order chi connectivity index (χ0) is 20.8. The molecule has 1 aliphatic heterocycles. The minimum absolute atomic E-state index is 0.0456. The van der Waals surface area contributed by atoms with Gasteiger partial charge in [-0.1, -0.05) is 30.3 Å². The molecule has 3 heterocycles. The molecule has 0 bridgehead atoms. The molecule has 1 aliphatic rings. The van der Waals surface area contributed by atoms with Crippen LogP contribution in [0.4, 0.5) is 5.69 Å². The number of anilines is 1. The van der Waals surface area contributed by atoms with Crippen molar-refractivity contribution in [2.24, 2.45) is 0 Å². The van der Waals surface area contributed by atoms with Crippen LogP contribution < -0.4 is 11.1 Å². The highest BCUT2D eigenvalue weighted by molar-refractivity contribution is 6.50. The fourth-order valence-electron chi connectivity index (χ4n) is 4.25. The van der Waals surface area contributed by atoms with E-state index in [1.54, 1.807) is 12.3 Å². The Morgan fingerprint density at radius 3 is 2.47 bits per heavy atom. The highest BCUT2D eigenvalue weighted by atomic mass is 16.3. The van der Waals surface area contributed by atoms with Crippen LogP contribution in [0.5, 0.6) is 0 Å². The molecule has 0 spiro atoms. The van der Waals surface area contributed by atoms with Crippen molar-refractivity contribution in [1.29, 1.82) is 0 Å². The summed E-state index contributed by atoms with van der Waals surface area (Å²) in [6.45, 7) is 0.594. The average molecular weight is 400 g/mol. The number of para-hydroxylation sites is 2. The van der Waals surface area contributed by atoms with Gasteiger partial charge in [0.05, 0.1) is 22.4 Å². The monoisotopic (exact) mass is 400 g/mol. The largest absolute Gasteiger partial charge is 0.397 e. The van der Waals surface area contributed by atoms with Crippen molar-refractivity contribution in [3.05, 3.63) is 66.0 Å². The molecule has 0 unspecified atom stereocenters. The molecule has 0 aliphatic carbocycles. The molecule has 0 fully saturated rings. The van der Waals surface area contributed by atoms with E-state index >= 15 is 0 Å². The number of amides is 2. The van der Waals surface area contributed by atoms with E-state index in [0.717, 1.165) is 21.8 Å². The van der Waals surface area contributed by atoms with Crippen LogP contribution in [-0.2, 0) is 16.1 Å². The van der Waals surface area contributed by atoms with Gasteiger partial charge in [-0.25, -0.2) is 0 Å². The summed E-state index contributed by atoms with van der Waals surface area (Å²) in [7, 11) is 0. The van der Waals surface area contributed by atoms with Gasteiger partial charge in [0.15, 0.2) is 0 Å². The molecular formula is C23H20N4O3. The number of aromatic nitrogens is 2. The minimum atomic E-state index is -0.427. The number of nitrogens with zero attached hydrogens (tertiary/aromatic N) is 1. The SMILES string of the molecule is Nc1cccc2c(C3=C(c4c[nH]c5ccccc45)C(=O)NC3=O)cn(CCCO)c12. The number of rotatable bonds is 5. The second-order valence-electron chi connectivity index (χ2n) is 7.34. The van der Waals surface area contributed by atoms with E-state index < -0.39 is 11.8 Å². The first-order chi connectivity index (χ1) is 14.6. The lowest BCUT2D eigenvalue weighted by Gasteiger charge is -2.05. The maximum atomic E-state index is 12.9. The van der Waals surface area contributed by atoms with Gasteiger partial charge in [-0.15, -0.1) is 0 Å². The Morgan fingerprint density at radius 1 is 0.933 bits per heavy atom. The predicted octanol–water partition coefficient (Wildman–Crippen LogP) is 2.65. The number of aliphatic hydroxyl groups excluding tert-OH is 1. The van der Waals surface area contributed by atoms with E-state index in [4.69, 9.17) is 5.73 Å². The summed E-state index contributed by atoms with van der Waals surface area (Å²) in [5.41, 5.74) is 10.5. The molecule has 0 radical (unpaired) electrons. The van der Waals surface area contributed by atoms with Crippen LogP contribution in [0.3, 0.4) is 0 Å². The summed E-state index contributed by atoms with van der Waals surface area (Å²) in [6, 6.07) is 13.2. The lowest BCUT2D eigenvalue weighted by Crippen LogP contribution is -2.22. The van der Waals surface area contributed by atoms with Gasteiger partial charge >= 0.3 is 0 Å². The van der Waals surface area contributed by atoms with Crippen molar-refractivity contribution in [2.45, 2.75) is 13.0 Å². The van der Waals surface area contributed by atoms with E-state index in [1.807, 2.05) is 47.2 Å². The predicted molar refractivity (Wildman–Crippen MR) is 116 cm³/mol. The quantitative estimate of drug-likeness (QED) is 0.305. The minimum Gasteiger partial charge on any atom is -0.397 e. The number of H-pyrrole nitrogens is 1. The number of carbonyl (C=O) groups is 2. The molecule has 0 saturated heterocycles. The van der Waals surface area contributed by atoms with Crippen molar-refractivity contribution in [1.82, 2.24) is 14.9 Å². The van der Waals surface area contributed by atoms with Gasteiger partial charge in [0.2, 0.25) is 0 Å². The molecule has 5 N–H and O–H groups in total. The zero-order valence-corrected chi connectivity index (χ0v) is 16.1. The number of aryl methyl sites for hydroxylation is 1. The molecule has 4 aromatic rings. The highest BCUT2D eigenvalue weighted by Crippen LogP contribution is 2.39. The maximum absolute atomic E-state index is 12.9. The van der Waals surface area contributed by atoms with Crippen molar-refractivity contribution in [3.8, 4) is 0 Å². The molecule has 0 saturated carbocycles. The molecular weight excluding hydrogens is 380 g/mol. The second kappa shape index (κ2) is 6.89. The molecule has 7 heteroatoms. The van der Waals surface area contributed by atoms with Gasteiger partial charge in [0.1, 0.15) is 0 Å². The van der Waals surface area contributed by atoms with Crippen molar-refractivity contribution in [2.75, 3.05) is 12.3 Å². The summed E-state index contributed by atoms with van der Waals surface area (Å²) in [5.74, 6) is -0.844. The van der Waals surface area contributed by atoms with Gasteiger partial charge in [-0.3, -0.25) is 14.9 Å². The molecule has 2 amide bonds. The third-order valence-electron chi connectivity index (χ3n) is 5.55. The molecule has 30 heavy (non-hydrogen) atoms. The fourth-order valence-corrected chi connectivity index (χ4v) is 4.25. The van der Waals surface area contributed by atoms with Crippen LogP contribution in [-0.4, -0.2) is 33.1 Å². The van der Waals surface area contributed by atoms with Gasteiger partial charge < -0.3 is 20.4 Å². The normalized spacial score (nSPS) is 14.3. The van der Waals surface area contributed by atoms with E-state index in [2.05, 4.69) is 10.3 Å². The first kappa shape index (κ1) is 18.2. The smallest absolute Gasteiger partial charge is 0.259 e. The van der Waals surface area contributed by atoms with Crippen molar-refractivity contribution >= 4 is 50.5 Å². The Hall–Kier alpha value is -3.84. The summed E-state index contributed by atoms with van der Waals surface area (Å²) < 4.78 is 1.94. The molecule has 150 valence electrons. The number of benzene rings is 2. The van der Waals surface area contributed by atoms with E-state index in [-0.39, 0.29) is 6.61 Å². The summed E-state index contributed by atoms with van der Waals surface area (Å²) in [4.78, 5) is 28.9. The number of hydrogen-bond donors (Lipinski definition) is 4. The summed E-state index contributed by atoms with van der Waals surface area (Å²) >= 11 is 0. The maximum Gasteiger partial charge on any atom is 0.259 e. The van der Waals surface area contributed by atoms with E-state index in [0.29, 0.717) is 40.9 Å². The zero-order valence-electron chi connectivity index (χ0n) is 16.1. The number of fused-ring (bicyclic) bond motifs is 2. The summed E-state index contributed by atoms with van der Waals surface area (Å²) in [6.07, 6.45) is 4.16. The van der Waals surface area contributed by atoms with Crippen LogP contribution >= 0.6 is 0 Å². The van der Waals surface area contributed by atoms with Crippen LogP contribution in [0.1, 0.15) is 17.5 Å². The van der Waals surface area contributed by atoms with E-state index in [1.165, 1.54) is 0 Å². The number of carbonyl (C=O) groups excluding carboxylic acids is 2. The first-order valence-electron chi connectivity index (χ1n) is 9.75. The van der Waals surface area contributed by atoms with Gasteiger partial charge in [-0.2, -0.15) is 0 Å². The third kappa shape index (κ3) is 2.63. The molecule has 5 rings (SSSR count). The number of nitrogens with one attached hydrogen (secondary N) is 2. The number of nitrogens with two attached hydrogens (primary N) is 1. The van der Waals surface area contributed by atoms with Crippen LogP contribution in [0.25, 0.3) is 33.0 Å². The number of aliphatic hydroxyl groups is 1. The number of aromatic amines is 1. The lowest BCUT2D eigenvalue weighted by atomic mass is 9.95. The molecule has 2 aromatic carbocycles. The van der Waals surface area contributed by atoms with Crippen LogP contribution in [0, 0.1) is 0 Å². The lowest BCUT2D eigenvalue weighted by molar-refractivity contribution is -0.122. The highest BCUT2D eigenvalue weighted by Gasteiger charge is 2.35.